The molecule has 0 unspecified atom stereocenters. The van der Waals surface area contributed by atoms with E-state index in [1.165, 1.54) is 12.1 Å². The summed E-state index contributed by atoms with van der Waals surface area (Å²) in [7, 11) is 1.73. The molecule has 0 amide bonds. The van der Waals surface area contributed by atoms with Crippen LogP contribution < -0.4 is 10.6 Å². The van der Waals surface area contributed by atoms with Crippen LogP contribution in [-0.4, -0.2) is 17.0 Å². The maximum Gasteiger partial charge on any atom is 0.224 e. The van der Waals surface area contributed by atoms with Crippen molar-refractivity contribution < 1.29 is 8.78 Å². The highest BCUT2D eigenvalue weighted by atomic mass is 19.1. The summed E-state index contributed by atoms with van der Waals surface area (Å²) < 4.78 is 26.5. The van der Waals surface area contributed by atoms with E-state index in [2.05, 4.69) is 20.6 Å². The lowest BCUT2D eigenvalue weighted by Crippen LogP contribution is -2.04. The molecule has 20 heavy (non-hydrogen) atoms. The largest absolute Gasteiger partial charge is 0.357 e. The minimum atomic E-state index is -0.650. The molecule has 1 aliphatic rings. The number of halogens is 2. The number of anilines is 3. The fourth-order valence-electron chi connectivity index (χ4n) is 1.96. The number of nitrogens with one attached hydrogen (secondary N) is 2. The first-order valence-corrected chi connectivity index (χ1v) is 6.44. The molecule has 1 aliphatic carbocycles. The van der Waals surface area contributed by atoms with Crippen LogP contribution in [0.2, 0.25) is 0 Å². The molecule has 1 aromatic carbocycles. The van der Waals surface area contributed by atoms with Gasteiger partial charge >= 0.3 is 0 Å². The van der Waals surface area contributed by atoms with Gasteiger partial charge in [0, 0.05) is 25.1 Å². The highest BCUT2D eigenvalue weighted by Crippen LogP contribution is 2.40. The Labute approximate surface area is 115 Å². The van der Waals surface area contributed by atoms with Crippen molar-refractivity contribution in [2.24, 2.45) is 0 Å². The minimum absolute atomic E-state index is 0.189. The minimum Gasteiger partial charge on any atom is -0.357 e. The van der Waals surface area contributed by atoms with Crippen LogP contribution in [0.5, 0.6) is 0 Å². The van der Waals surface area contributed by atoms with Gasteiger partial charge in [0.2, 0.25) is 5.95 Å². The summed E-state index contributed by atoms with van der Waals surface area (Å²) >= 11 is 0. The summed E-state index contributed by atoms with van der Waals surface area (Å²) in [4.78, 5) is 8.60. The van der Waals surface area contributed by atoms with Gasteiger partial charge in [0.05, 0.1) is 11.4 Å². The van der Waals surface area contributed by atoms with Crippen LogP contribution in [-0.2, 0) is 0 Å². The van der Waals surface area contributed by atoms with Crippen LogP contribution >= 0.6 is 0 Å². The molecule has 1 saturated carbocycles. The summed E-state index contributed by atoms with van der Waals surface area (Å²) in [5.41, 5.74) is 1.13. The maximum atomic E-state index is 13.6. The predicted molar refractivity (Wildman–Crippen MR) is 73.2 cm³/mol. The first-order valence-electron chi connectivity index (χ1n) is 6.44. The third kappa shape index (κ3) is 2.68. The first-order chi connectivity index (χ1) is 9.65. The highest BCUT2D eigenvalue weighted by molar-refractivity contribution is 5.58. The molecule has 4 nitrogen and oxygen atoms in total. The Hall–Kier alpha value is -2.24. The average Bonchev–Trinajstić information content (AvgIpc) is 3.26. The van der Waals surface area contributed by atoms with E-state index in [1.807, 2.05) is 0 Å². The molecule has 2 aromatic rings. The van der Waals surface area contributed by atoms with E-state index in [0.717, 1.165) is 24.6 Å². The Morgan fingerprint density at radius 2 is 1.95 bits per heavy atom. The van der Waals surface area contributed by atoms with Gasteiger partial charge in [0.15, 0.2) is 0 Å². The van der Waals surface area contributed by atoms with Crippen LogP contribution in [0.1, 0.15) is 24.5 Å². The standard InChI is InChI=1S/C14H14F2N4/c1-17-14-19-12(8-2-3-8)7-13(20-14)18-11-5-4-9(15)6-10(11)16/h4-8H,2-3H2,1H3,(H2,17,18,19,20). The molecule has 0 saturated heterocycles. The fraction of sp³-hybridized carbons (Fsp3) is 0.286. The van der Waals surface area contributed by atoms with Crippen molar-refractivity contribution in [1.82, 2.24) is 9.97 Å². The van der Waals surface area contributed by atoms with Crippen LogP contribution in [0.4, 0.5) is 26.2 Å². The third-order valence-electron chi connectivity index (χ3n) is 3.16. The molecular weight excluding hydrogens is 262 g/mol. The van der Waals surface area contributed by atoms with Gasteiger partial charge in [-0.25, -0.2) is 13.8 Å². The van der Waals surface area contributed by atoms with Crippen LogP contribution in [0.3, 0.4) is 0 Å². The third-order valence-corrected chi connectivity index (χ3v) is 3.16. The Bertz CT molecular complexity index is 641. The second-order valence-electron chi connectivity index (χ2n) is 4.78. The van der Waals surface area contributed by atoms with Gasteiger partial charge in [0.1, 0.15) is 17.5 Å². The predicted octanol–water partition coefficient (Wildman–Crippen LogP) is 3.42. The van der Waals surface area contributed by atoms with Crippen molar-refractivity contribution in [3.8, 4) is 0 Å². The van der Waals surface area contributed by atoms with E-state index in [0.29, 0.717) is 17.7 Å². The molecule has 0 bridgehead atoms. The number of rotatable bonds is 4. The normalized spacial score (nSPS) is 14.2. The van der Waals surface area contributed by atoms with Gasteiger partial charge in [-0.2, -0.15) is 4.98 Å². The van der Waals surface area contributed by atoms with Crippen molar-refractivity contribution in [3.05, 3.63) is 41.6 Å². The monoisotopic (exact) mass is 276 g/mol. The van der Waals surface area contributed by atoms with Crippen LogP contribution in [0, 0.1) is 11.6 Å². The van der Waals surface area contributed by atoms with Crippen molar-refractivity contribution in [1.29, 1.82) is 0 Å². The van der Waals surface area contributed by atoms with Crippen molar-refractivity contribution in [2.75, 3.05) is 17.7 Å². The Morgan fingerprint density at radius 1 is 1.15 bits per heavy atom. The topological polar surface area (TPSA) is 49.8 Å². The molecule has 0 spiro atoms. The molecular formula is C14H14F2N4. The van der Waals surface area contributed by atoms with E-state index in [1.54, 1.807) is 13.1 Å². The first kappa shape index (κ1) is 12.8. The Kier molecular flexibility index (Phi) is 3.22. The number of nitrogens with zero attached hydrogens (tertiary/aromatic N) is 2. The molecule has 2 N–H and O–H groups in total. The summed E-state index contributed by atoms with van der Waals surface area (Å²) in [5.74, 6) is 0.188. The second kappa shape index (κ2) is 5.03. The van der Waals surface area contributed by atoms with E-state index in [4.69, 9.17) is 0 Å². The van der Waals surface area contributed by atoms with Crippen LogP contribution in [0.15, 0.2) is 24.3 Å². The quantitative estimate of drug-likeness (QED) is 0.898. The zero-order valence-corrected chi connectivity index (χ0v) is 11.0. The summed E-state index contributed by atoms with van der Waals surface area (Å²) in [6.45, 7) is 0. The molecule has 1 fully saturated rings. The highest BCUT2D eigenvalue weighted by Gasteiger charge is 2.26. The zero-order chi connectivity index (χ0) is 14.1. The van der Waals surface area contributed by atoms with Crippen molar-refractivity contribution in [3.63, 3.8) is 0 Å². The van der Waals surface area contributed by atoms with E-state index < -0.39 is 11.6 Å². The summed E-state index contributed by atoms with van der Waals surface area (Å²) in [6.07, 6.45) is 2.23. The molecule has 0 aliphatic heterocycles. The van der Waals surface area contributed by atoms with E-state index >= 15 is 0 Å². The van der Waals surface area contributed by atoms with Gasteiger partial charge in [-0.1, -0.05) is 0 Å². The summed E-state index contributed by atoms with van der Waals surface area (Å²) in [5, 5.41) is 5.75. The lowest BCUT2D eigenvalue weighted by Gasteiger charge is -2.10. The van der Waals surface area contributed by atoms with Gasteiger partial charge in [-0.05, 0) is 25.0 Å². The number of hydrogen-bond acceptors (Lipinski definition) is 4. The molecule has 104 valence electrons. The van der Waals surface area contributed by atoms with Gasteiger partial charge < -0.3 is 10.6 Å². The van der Waals surface area contributed by atoms with Crippen molar-refractivity contribution in [2.45, 2.75) is 18.8 Å². The number of aromatic nitrogens is 2. The SMILES string of the molecule is CNc1nc(Nc2ccc(F)cc2F)cc(C2CC2)n1. The Morgan fingerprint density at radius 3 is 2.60 bits per heavy atom. The summed E-state index contributed by atoms with van der Waals surface area (Å²) in [6, 6.07) is 5.20. The van der Waals surface area contributed by atoms with Gasteiger partial charge in [-0.3, -0.25) is 0 Å². The smallest absolute Gasteiger partial charge is 0.224 e. The second-order valence-corrected chi connectivity index (χ2v) is 4.78. The molecule has 3 rings (SSSR count). The van der Waals surface area contributed by atoms with Gasteiger partial charge in [-0.15, -0.1) is 0 Å². The molecule has 1 heterocycles. The fourth-order valence-corrected chi connectivity index (χ4v) is 1.96. The molecule has 0 atom stereocenters. The average molecular weight is 276 g/mol. The van der Waals surface area contributed by atoms with E-state index in [9.17, 15) is 8.78 Å². The number of hydrogen-bond donors (Lipinski definition) is 2. The van der Waals surface area contributed by atoms with Gasteiger partial charge in [0.25, 0.3) is 0 Å². The Balaban J connectivity index is 1.91. The lowest BCUT2D eigenvalue weighted by atomic mass is 10.2. The van der Waals surface area contributed by atoms with Crippen LogP contribution in [0.25, 0.3) is 0 Å². The number of benzene rings is 1. The molecule has 6 heteroatoms. The van der Waals surface area contributed by atoms with E-state index in [-0.39, 0.29) is 5.69 Å². The molecule has 0 radical (unpaired) electrons. The molecule has 1 aromatic heterocycles. The maximum absolute atomic E-state index is 13.6. The lowest BCUT2D eigenvalue weighted by molar-refractivity contribution is 0.586. The zero-order valence-electron chi connectivity index (χ0n) is 11.0. The van der Waals surface area contributed by atoms with Crippen molar-refractivity contribution >= 4 is 17.5 Å².